The number of aliphatic hydroxyl groups excluding tert-OH is 1. The molecule has 0 aliphatic rings. The van der Waals surface area contributed by atoms with Gasteiger partial charge in [-0.1, -0.05) is 19.9 Å². The van der Waals surface area contributed by atoms with Crippen LogP contribution in [-0.4, -0.2) is 30.0 Å². The van der Waals surface area contributed by atoms with E-state index in [2.05, 4.69) is 5.32 Å². The summed E-state index contributed by atoms with van der Waals surface area (Å²) in [6.07, 6.45) is 0.948. The fourth-order valence-corrected chi connectivity index (χ4v) is 1.52. The zero-order valence-corrected chi connectivity index (χ0v) is 11.1. The molecule has 0 aliphatic heterocycles. The lowest BCUT2D eigenvalue weighted by Gasteiger charge is -2.11. The van der Waals surface area contributed by atoms with Crippen molar-refractivity contribution >= 4 is 0 Å². The first-order chi connectivity index (χ1) is 8.67. The fraction of sp³-hybridized carbons (Fsp3) is 0.571. The van der Waals surface area contributed by atoms with Crippen LogP contribution in [0.2, 0.25) is 0 Å². The molecule has 1 aromatic rings. The minimum atomic E-state index is 0.169. The van der Waals surface area contributed by atoms with E-state index < -0.39 is 0 Å². The molecule has 0 bridgehead atoms. The van der Waals surface area contributed by atoms with Crippen LogP contribution in [0.1, 0.15) is 25.8 Å². The monoisotopic (exact) mass is 253 g/mol. The lowest BCUT2D eigenvalue weighted by Crippen LogP contribution is -2.22. The second-order valence-corrected chi connectivity index (χ2v) is 4.56. The van der Waals surface area contributed by atoms with E-state index in [9.17, 15) is 5.11 Å². The van der Waals surface area contributed by atoms with Crippen LogP contribution in [0.15, 0.2) is 18.2 Å². The number of nitrogens with one attached hydrogen (secondary N) is 1. The largest absolute Gasteiger partial charge is 0.507 e. The molecule has 1 atom stereocenters. The van der Waals surface area contributed by atoms with Gasteiger partial charge in [0.25, 0.3) is 0 Å². The smallest absolute Gasteiger partial charge is 0.123 e. The molecule has 3 N–H and O–H groups in total. The van der Waals surface area contributed by atoms with Crippen molar-refractivity contribution in [2.45, 2.75) is 26.8 Å². The standard InChI is InChI=1S/C14H23NO3/c1-3-6-18-13-5-4-12(14(17)7-13)9-15-8-11(2)10-16/h4-5,7,11,15-17H,3,6,8-10H2,1-2H3. The van der Waals surface area contributed by atoms with E-state index in [1.165, 1.54) is 0 Å². The van der Waals surface area contributed by atoms with Crippen LogP contribution >= 0.6 is 0 Å². The van der Waals surface area contributed by atoms with Gasteiger partial charge in [-0.15, -0.1) is 0 Å². The molecule has 0 saturated heterocycles. The van der Waals surface area contributed by atoms with E-state index in [-0.39, 0.29) is 18.3 Å². The van der Waals surface area contributed by atoms with Gasteiger partial charge in [-0.3, -0.25) is 0 Å². The van der Waals surface area contributed by atoms with Crippen molar-refractivity contribution in [3.05, 3.63) is 23.8 Å². The average Bonchev–Trinajstić information content (AvgIpc) is 2.38. The molecule has 1 unspecified atom stereocenters. The Morgan fingerprint density at radius 1 is 1.39 bits per heavy atom. The minimum absolute atomic E-state index is 0.169. The van der Waals surface area contributed by atoms with Crippen molar-refractivity contribution in [3.8, 4) is 11.5 Å². The summed E-state index contributed by atoms with van der Waals surface area (Å²) in [6.45, 7) is 6.15. The molecule has 0 aliphatic carbocycles. The minimum Gasteiger partial charge on any atom is -0.507 e. The predicted molar refractivity (Wildman–Crippen MR) is 71.8 cm³/mol. The molecule has 102 valence electrons. The third kappa shape index (κ3) is 4.94. The van der Waals surface area contributed by atoms with Crippen LogP contribution in [0.5, 0.6) is 11.5 Å². The van der Waals surface area contributed by atoms with Crippen molar-refractivity contribution in [1.29, 1.82) is 0 Å². The molecule has 18 heavy (non-hydrogen) atoms. The number of benzene rings is 1. The van der Waals surface area contributed by atoms with Crippen LogP contribution in [0.3, 0.4) is 0 Å². The summed E-state index contributed by atoms with van der Waals surface area (Å²) in [5, 5.41) is 21.9. The number of aliphatic hydroxyl groups is 1. The van der Waals surface area contributed by atoms with Gasteiger partial charge in [0, 0.05) is 31.3 Å². The Morgan fingerprint density at radius 2 is 2.17 bits per heavy atom. The predicted octanol–water partition coefficient (Wildman–Crippen LogP) is 1.90. The van der Waals surface area contributed by atoms with Gasteiger partial charge in [-0.25, -0.2) is 0 Å². The summed E-state index contributed by atoms with van der Waals surface area (Å²) >= 11 is 0. The number of ether oxygens (including phenoxy) is 1. The van der Waals surface area contributed by atoms with Crippen molar-refractivity contribution in [1.82, 2.24) is 5.32 Å². The van der Waals surface area contributed by atoms with Crippen LogP contribution in [0.4, 0.5) is 0 Å². The van der Waals surface area contributed by atoms with Crippen molar-refractivity contribution < 1.29 is 14.9 Å². The van der Waals surface area contributed by atoms with E-state index in [1.807, 2.05) is 26.0 Å². The maximum atomic E-state index is 9.84. The third-order valence-corrected chi connectivity index (χ3v) is 2.65. The first-order valence-corrected chi connectivity index (χ1v) is 6.43. The summed E-state index contributed by atoms with van der Waals surface area (Å²) in [6, 6.07) is 5.36. The molecule has 4 nitrogen and oxygen atoms in total. The zero-order chi connectivity index (χ0) is 13.4. The van der Waals surface area contributed by atoms with E-state index in [4.69, 9.17) is 9.84 Å². The molecule has 0 spiro atoms. The van der Waals surface area contributed by atoms with Gasteiger partial charge in [0.05, 0.1) is 6.61 Å². The molecule has 0 radical (unpaired) electrons. The van der Waals surface area contributed by atoms with Gasteiger partial charge in [-0.05, 0) is 18.4 Å². The topological polar surface area (TPSA) is 61.7 Å². The highest BCUT2D eigenvalue weighted by molar-refractivity contribution is 5.39. The lowest BCUT2D eigenvalue weighted by molar-refractivity contribution is 0.233. The normalized spacial score (nSPS) is 12.4. The van der Waals surface area contributed by atoms with E-state index in [0.29, 0.717) is 18.9 Å². The summed E-state index contributed by atoms with van der Waals surface area (Å²) in [4.78, 5) is 0. The van der Waals surface area contributed by atoms with Gasteiger partial charge in [0.2, 0.25) is 0 Å². The molecule has 1 rings (SSSR count). The average molecular weight is 253 g/mol. The number of rotatable bonds is 8. The van der Waals surface area contributed by atoms with Crippen molar-refractivity contribution in [2.75, 3.05) is 19.8 Å². The molecule has 0 amide bonds. The first kappa shape index (κ1) is 14.8. The summed E-state index contributed by atoms with van der Waals surface area (Å²) in [5.41, 5.74) is 0.837. The molecule has 0 fully saturated rings. The Hall–Kier alpha value is -1.26. The van der Waals surface area contributed by atoms with E-state index in [1.54, 1.807) is 6.07 Å². The lowest BCUT2D eigenvalue weighted by atomic mass is 10.1. The Morgan fingerprint density at radius 3 is 2.78 bits per heavy atom. The molecule has 4 heteroatoms. The maximum Gasteiger partial charge on any atom is 0.123 e. The highest BCUT2D eigenvalue weighted by atomic mass is 16.5. The van der Waals surface area contributed by atoms with E-state index >= 15 is 0 Å². The van der Waals surface area contributed by atoms with Gasteiger partial charge in [0.15, 0.2) is 0 Å². The van der Waals surface area contributed by atoms with Crippen molar-refractivity contribution in [2.24, 2.45) is 5.92 Å². The Balaban J connectivity index is 2.46. The third-order valence-electron chi connectivity index (χ3n) is 2.65. The number of phenols is 1. The Labute approximate surface area is 109 Å². The summed E-state index contributed by atoms with van der Waals surface area (Å²) in [7, 11) is 0. The molecular weight excluding hydrogens is 230 g/mol. The Kier molecular flexibility index (Phi) is 6.54. The number of aromatic hydroxyl groups is 1. The molecule has 0 aromatic heterocycles. The van der Waals surface area contributed by atoms with Crippen LogP contribution in [-0.2, 0) is 6.54 Å². The SMILES string of the molecule is CCCOc1ccc(CNCC(C)CO)c(O)c1. The first-order valence-electron chi connectivity index (χ1n) is 6.43. The fourth-order valence-electron chi connectivity index (χ4n) is 1.52. The van der Waals surface area contributed by atoms with Crippen LogP contribution in [0, 0.1) is 5.92 Å². The maximum absolute atomic E-state index is 9.84. The van der Waals surface area contributed by atoms with Crippen LogP contribution in [0.25, 0.3) is 0 Å². The summed E-state index contributed by atoms with van der Waals surface area (Å²) in [5.74, 6) is 1.16. The summed E-state index contributed by atoms with van der Waals surface area (Å²) < 4.78 is 5.44. The second kappa shape index (κ2) is 7.95. The van der Waals surface area contributed by atoms with Crippen molar-refractivity contribution in [3.63, 3.8) is 0 Å². The molecule has 0 heterocycles. The second-order valence-electron chi connectivity index (χ2n) is 4.56. The molecular formula is C14H23NO3. The zero-order valence-electron chi connectivity index (χ0n) is 11.1. The highest BCUT2D eigenvalue weighted by Crippen LogP contribution is 2.23. The highest BCUT2D eigenvalue weighted by Gasteiger charge is 2.04. The number of hydrogen-bond acceptors (Lipinski definition) is 4. The molecule has 0 saturated carbocycles. The van der Waals surface area contributed by atoms with Gasteiger partial charge < -0.3 is 20.3 Å². The van der Waals surface area contributed by atoms with Crippen LogP contribution < -0.4 is 10.1 Å². The van der Waals surface area contributed by atoms with Gasteiger partial charge >= 0.3 is 0 Å². The van der Waals surface area contributed by atoms with E-state index in [0.717, 1.165) is 18.5 Å². The number of phenolic OH excluding ortho intramolecular Hbond substituents is 1. The molecule has 1 aromatic carbocycles. The van der Waals surface area contributed by atoms with Gasteiger partial charge in [-0.2, -0.15) is 0 Å². The quantitative estimate of drug-likeness (QED) is 0.662. The number of hydrogen-bond donors (Lipinski definition) is 3. The Bertz CT molecular complexity index is 355. The van der Waals surface area contributed by atoms with Gasteiger partial charge in [0.1, 0.15) is 11.5 Å².